The molecule has 0 bridgehead atoms. The Morgan fingerprint density at radius 3 is 2.64 bits per heavy atom. The van der Waals surface area contributed by atoms with Crippen molar-refractivity contribution in [2.75, 3.05) is 32.1 Å². The third-order valence-electron chi connectivity index (χ3n) is 3.16. The van der Waals surface area contributed by atoms with E-state index in [1.165, 1.54) is 0 Å². The predicted octanol–water partition coefficient (Wildman–Crippen LogP) is 1.98. The molecule has 22 heavy (non-hydrogen) atoms. The molecule has 1 amide bonds. The van der Waals surface area contributed by atoms with Crippen molar-refractivity contribution >= 4 is 11.8 Å². The van der Waals surface area contributed by atoms with Crippen LogP contribution >= 0.6 is 0 Å². The van der Waals surface area contributed by atoms with E-state index in [2.05, 4.69) is 5.32 Å². The number of alkyl carbamates (subject to hydrolysis) is 1. The topological polar surface area (TPSA) is 76.8 Å². The summed E-state index contributed by atoms with van der Waals surface area (Å²) in [5.74, 6) is 0.778. The Kier molecular flexibility index (Phi) is 6.49. The number of carbonyl (C=O) groups is 1. The Hall–Kier alpha value is -1.95. The van der Waals surface area contributed by atoms with E-state index in [4.69, 9.17) is 15.2 Å². The number of rotatable bonds is 6. The summed E-state index contributed by atoms with van der Waals surface area (Å²) in [4.78, 5) is 13.7. The first kappa shape index (κ1) is 18.1. The van der Waals surface area contributed by atoms with Gasteiger partial charge in [0.15, 0.2) is 0 Å². The van der Waals surface area contributed by atoms with Crippen LogP contribution in [0.2, 0.25) is 0 Å². The molecule has 6 heteroatoms. The maximum atomic E-state index is 11.7. The second-order valence-corrected chi connectivity index (χ2v) is 6.08. The number of nitrogens with zero attached hydrogens (tertiary/aromatic N) is 1. The van der Waals surface area contributed by atoms with Crippen LogP contribution in [0.4, 0.5) is 10.5 Å². The second-order valence-electron chi connectivity index (χ2n) is 6.08. The van der Waals surface area contributed by atoms with E-state index in [0.717, 1.165) is 11.4 Å². The van der Waals surface area contributed by atoms with Crippen LogP contribution in [-0.2, 0) is 4.74 Å². The van der Waals surface area contributed by atoms with Gasteiger partial charge in [-0.05, 0) is 32.9 Å². The number of methoxy groups -OCH3 is 1. The van der Waals surface area contributed by atoms with E-state index in [1.807, 2.05) is 57.0 Å². The van der Waals surface area contributed by atoms with E-state index in [1.54, 1.807) is 7.11 Å². The second kappa shape index (κ2) is 7.89. The molecule has 0 spiro atoms. The molecule has 6 nitrogen and oxygen atoms in total. The first-order valence-electron chi connectivity index (χ1n) is 7.30. The number of hydrogen-bond donors (Lipinski definition) is 2. The minimum absolute atomic E-state index is 0.0420. The van der Waals surface area contributed by atoms with E-state index in [-0.39, 0.29) is 6.04 Å². The van der Waals surface area contributed by atoms with E-state index < -0.39 is 11.7 Å². The largest absolute Gasteiger partial charge is 0.497 e. The zero-order valence-electron chi connectivity index (χ0n) is 14.1. The first-order chi connectivity index (χ1) is 10.3. The number of anilines is 1. The lowest BCUT2D eigenvalue weighted by Crippen LogP contribution is -2.47. The molecule has 1 unspecified atom stereocenters. The zero-order valence-corrected chi connectivity index (χ0v) is 14.1. The fourth-order valence-electron chi connectivity index (χ4n) is 1.93. The average Bonchev–Trinajstić information content (AvgIpc) is 2.45. The highest BCUT2D eigenvalue weighted by Gasteiger charge is 2.19. The van der Waals surface area contributed by atoms with Crippen LogP contribution in [0.5, 0.6) is 5.75 Å². The van der Waals surface area contributed by atoms with Gasteiger partial charge >= 0.3 is 6.09 Å². The van der Waals surface area contributed by atoms with Gasteiger partial charge in [0.2, 0.25) is 0 Å². The van der Waals surface area contributed by atoms with Gasteiger partial charge in [-0.1, -0.05) is 6.07 Å². The number of nitrogens with two attached hydrogens (primary N) is 1. The average molecular weight is 309 g/mol. The van der Waals surface area contributed by atoms with E-state index in [9.17, 15) is 4.79 Å². The molecule has 1 aromatic rings. The number of ether oxygens (including phenoxy) is 2. The molecule has 1 aromatic carbocycles. The van der Waals surface area contributed by atoms with Crippen molar-refractivity contribution in [3.8, 4) is 5.75 Å². The summed E-state index contributed by atoms with van der Waals surface area (Å²) in [6.45, 7) is 6.29. The highest BCUT2D eigenvalue weighted by molar-refractivity contribution is 5.67. The fourth-order valence-corrected chi connectivity index (χ4v) is 1.93. The monoisotopic (exact) mass is 309 g/mol. The van der Waals surface area contributed by atoms with E-state index >= 15 is 0 Å². The highest BCUT2D eigenvalue weighted by Crippen LogP contribution is 2.21. The molecule has 0 fully saturated rings. The first-order valence-corrected chi connectivity index (χ1v) is 7.30. The molecule has 0 radical (unpaired) electrons. The maximum Gasteiger partial charge on any atom is 0.407 e. The van der Waals surface area contributed by atoms with Crippen molar-refractivity contribution in [1.29, 1.82) is 0 Å². The fraction of sp³-hybridized carbons (Fsp3) is 0.562. The van der Waals surface area contributed by atoms with Gasteiger partial charge in [0.1, 0.15) is 11.4 Å². The number of carbonyl (C=O) groups excluding carboxylic acids is 1. The predicted molar refractivity (Wildman–Crippen MR) is 88.5 cm³/mol. The normalized spacial score (nSPS) is 12.5. The van der Waals surface area contributed by atoms with Crippen LogP contribution in [0, 0.1) is 0 Å². The Morgan fingerprint density at radius 2 is 2.09 bits per heavy atom. The third kappa shape index (κ3) is 5.81. The van der Waals surface area contributed by atoms with Gasteiger partial charge in [0.05, 0.1) is 13.2 Å². The van der Waals surface area contributed by atoms with Crippen molar-refractivity contribution in [3.63, 3.8) is 0 Å². The van der Waals surface area contributed by atoms with Crippen LogP contribution in [0.15, 0.2) is 24.3 Å². The minimum Gasteiger partial charge on any atom is -0.497 e. The molecule has 1 atom stereocenters. The molecule has 0 aromatic heterocycles. The molecule has 0 aliphatic rings. The molecular weight excluding hydrogens is 282 g/mol. The van der Waals surface area contributed by atoms with Crippen molar-refractivity contribution < 1.29 is 14.3 Å². The lowest BCUT2D eigenvalue weighted by atomic mass is 10.2. The van der Waals surface area contributed by atoms with Gasteiger partial charge in [0, 0.05) is 31.9 Å². The standard InChI is InChI=1S/C16H27N3O3/c1-16(2,3)22-15(20)18-11-13(10-17)19(4)12-7-6-8-14(9-12)21-5/h6-9,13H,10-11,17H2,1-5H3,(H,18,20). The summed E-state index contributed by atoms with van der Waals surface area (Å²) in [6, 6.07) is 7.65. The molecule has 0 saturated heterocycles. The van der Waals surface area contributed by atoms with Gasteiger partial charge in [-0.15, -0.1) is 0 Å². The minimum atomic E-state index is -0.513. The summed E-state index contributed by atoms with van der Waals surface area (Å²) in [5.41, 5.74) is 6.29. The third-order valence-corrected chi connectivity index (χ3v) is 3.16. The quantitative estimate of drug-likeness (QED) is 0.840. The van der Waals surface area contributed by atoms with Crippen molar-refractivity contribution in [3.05, 3.63) is 24.3 Å². The van der Waals surface area contributed by atoms with E-state index in [0.29, 0.717) is 13.1 Å². The van der Waals surface area contributed by atoms with Gasteiger partial charge < -0.3 is 25.4 Å². The molecule has 3 N–H and O–H groups in total. The lowest BCUT2D eigenvalue weighted by Gasteiger charge is -2.30. The van der Waals surface area contributed by atoms with Crippen LogP contribution < -0.4 is 20.7 Å². The van der Waals surface area contributed by atoms with Crippen LogP contribution in [0.25, 0.3) is 0 Å². The number of nitrogens with one attached hydrogen (secondary N) is 1. The van der Waals surface area contributed by atoms with Gasteiger partial charge in [-0.25, -0.2) is 4.79 Å². The van der Waals surface area contributed by atoms with Gasteiger partial charge in [0.25, 0.3) is 0 Å². The van der Waals surface area contributed by atoms with Crippen LogP contribution in [0.3, 0.4) is 0 Å². The molecule has 1 rings (SSSR count). The Bertz CT molecular complexity index is 486. The number of hydrogen-bond acceptors (Lipinski definition) is 5. The molecule has 0 heterocycles. The smallest absolute Gasteiger partial charge is 0.407 e. The Morgan fingerprint density at radius 1 is 1.41 bits per heavy atom. The van der Waals surface area contributed by atoms with Crippen LogP contribution in [0.1, 0.15) is 20.8 Å². The molecule has 0 saturated carbocycles. The zero-order chi connectivity index (χ0) is 16.8. The molecular formula is C16H27N3O3. The van der Waals surface area contributed by atoms with Crippen molar-refractivity contribution in [1.82, 2.24) is 5.32 Å². The molecule has 0 aliphatic carbocycles. The number of likely N-dealkylation sites (N-methyl/N-ethyl adjacent to an activating group) is 1. The Labute approximate surface area is 132 Å². The summed E-state index contributed by atoms with van der Waals surface area (Å²) >= 11 is 0. The SMILES string of the molecule is COc1cccc(N(C)C(CN)CNC(=O)OC(C)(C)C)c1. The lowest BCUT2D eigenvalue weighted by molar-refractivity contribution is 0.0525. The van der Waals surface area contributed by atoms with Crippen molar-refractivity contribution in [2.45, 2.75) is 32.4 Å². The molecule has 124 valence electrons. The summed E-state index contributed by atoms with van der Waals surface area (Å²) < 4.78 is 10.4. The maximum absolute atomic E-state index is 11.7. The van der Waals surface area contributed by atoms with Gasteiger partial charge in [-0.2, -0.15) is 0 Å². The number of amides is 1. The Balaban J connectivity index is 2.64. The summed E-state index contributed by atoms with van der Waals surface area (Å²) in [5, 5.41) is 2.76. The van der Waals surface area contributed by atoms with Crippen molar-refractivity contribution in [2.24, 2.45) is 5.73 Å². The van der Waals surface area contributed by atoms with Crippen LogP contribution in [-0.4, -0.2) is 45.0 Å². The summed E-state index contributed by atoms with van der Waals surface area (Å²) in [6.07, 6.45) is -0.440. The summed E-state index contributed by atoms with van der Waals surface area (Å²) in [7, 11) is 3.56. The highest BCUT2D eigenvalue weighted by atomic mass is 16.6. The molecule has 0 aliphatic heterocycles. The van der Waals surface area contributed by atoms with Gasteiger partial charge in [-0.3, -0.25) is 0 Å². The number of benzene rings is 1.